The maximum Gasteiger partial charge on any atom is 0.252 e. The van der Waals surface area contributed by atoms with Crippen molar-refractivity contribution in [3.63, 3.8) is 0 Å². The van der Waals surface area contributed by atoms with E-state index in [0.29, 0.717) is 11.2 Å². The second-order valence-electron chi connectivity index (χ2n) is 7.87. The highest BCUT2D eigenvalue weighted by molar-refractivity contribution is 6.30. The first-order chi connectivity index (χ1) is 14.4. The van der Waals surface area contributed by atoms with Gasteiger partial charge in [0, 0.05) is 49.9 Å². The average Bonchev–Trinajstić information content (AvgIpc) is 2.76. The average molecular weight is 422 g/mol. The molecule has 1 fully saturated rings. The molecule has 4 rings (SSSR count). The first-order valence-electron chi connectivity index (χ1n) is 10.1. The zero-order valence-electron chi connectivity index (χ0n) is 17.3. The fraction of sp³-hybridized carbons (Fsp3) is 0.348. The molecule has 0 bridgehead atoms. The van der Waals surface area contributed by atoms with Crippen molar-refractivity contribution < 1.29 is 0 Å². The fourth-order valence-electron chi connectivity index (χ4n) is 4.24. The van der Waals surface area contributed by atoms with Crippen molar-refractivity contribution in [2.24, 2.45) is 7.05 Å². The number of aryl methyl sites for hydroxylation is 1. The van der Waals surface area contributed by atoms with Crippen molar-refractivity contribution in [1.82, 2.24) is 14.5 Å². The van der Waals surface area contributed by atoms with Crippen molar-refractivity contribution in [2.45, 2.75) is 25.9 Å². The quantitative estimate of drug-likeness (QED) is 0.644. The third kappa shape index (κ3) is 3.67. The molecule has 154 valence electrons. The van der Waals surface area contributed by atoms with Crippen molar-refractivity contribution in [3.8, 4) is 6.07 Å². The van der Waals surface area contributed by atoms with Crippen LogP contribution in [0.4, 0.5) is 5.69 Å². The summed E-state index contributed by atoms with van der Waals surface area (Å²) in [5.41, 5.74) is 3.75. The Kier molecular flexibility index (Phi) is 5.50. The summed E-state index contributed by atoms with van der Waals surface area (Å²) >= 11 is 6.03. The smallest absolute Gasteiger partial charge is 0.252 e. The predicted octanol–water partition coefficient (Wildman–Crippen LogP) is 3.73. The molecule has 30 heavy (non-hydrogen) atoms. The lowest BCUT2D eigenvalue weighted by Gasteiger charge is -2.43. The van der Waals surface area contributed by atoms with Crippen LogP contribution in [-0.2, 0) is 7.05 Å². The van der Waals surface area contributed by atoms with E-state index in [-0.39, 0.29) is 17.6 Å². The van der Waals surface area contributed by atoms with E-state index in [1.54, 1.807) is 29.8 Å². The molecule has 0 saturated carbocycles. The number of anilines is 1. The second-order valence-corrected chi connectivity index (χ2v) is 8.30. The van der Waals surface area contributed by atoms with Gasteiger partial charge in [0.05, 0.1) is 11.2 Å². The zero-order valence-corrected chi connectivity index (χ0v) is 18.1. The molecule has 1 aliphatic rings. The van der Waals surface area contributed by atoms with Crippen LogP contribution in [-0.4, -0.2) is 40.1 Å². The normalized spacial score (nSPS) is 18.4. The Hall–Kier alpha value is -2.88. The molecular formula is C23H24ClN5O. The standard InChI is InChI=1S/C23H24ClN5O/c1-15-14-28(16(2)17-4-6-18(24)7-5-17)10-11-29(15)21-12-22(30)27(3)20-9-8-19(13-25)26-23(20)21/h4-9,12,15-16H,10-11,14H2,1-3H3/t15-,16?/m0/s1. The van der Waals surface area contributed by atoms with E-state index in [1.165, 1.54) is 5.56 Å². The van der Waals surface area contributed by atoms with Gasteiger partial charge >= 0.3 is 0 Å². The summed E-state index contributed by atoms with van der Waals surface area (Å²) in [6, 6.07) is 15.7. The Balaban J connectivity index is 1.64. The number of nitriles is 1. The summed E-state index contributed by atoms with van der Waals surface area (Å²) in [6.07, 6.45) is 0. The molecule has 1 aliphatic heterocycles. The Morgan fingerprint density at radius 3 is 2.60 bits per heavy atom. The van der Waals surface area contributed by atoms with Crippen LogP contribution in [0.15, 0.2) is 47.3 Å². The number of hydrogen-bond donors (Lipinski definition) is 0. The van der Waals surface area contributed by atoms with E-state index in [0.717, 1.165) is 35.9 Å². The van der Waals surface area contributed by atoms with Crippen LogP contribution in [0.5, 0.6) is 0 Å². The molecule has 1 aromatic carbocycles. The van der Waals surface area contributed by atoms with Crippen molar-refractivity contribution in [3.05, 3.63) is 69.1 Å². The molecule has 1 saturated heterocycles. The number of benzene rings is 1. The number of fused-ring (bicyclic) bond motifs is 1. The summed E-state index contributed by atoms with van der Waals surface area (Å²) in [5, 5.41) is 10.0. The van der Waals surface area contributed by atoms with Gasteiger partial charge in [0.15, 0.2) is 0 Å². The first kappa shape index (κ1) is 20.4. The molecule has 0 amide bonds. The molecular weight excluding hydrogens is 398 g/mol. The largest absolute Gasteiger partial charge is 0.364 e. The van der Waals surface area contributed by atoms with Gasteiger partial charge in [-0.15, -0.1) is 0 Å². The third-order valence-electron chi connectivity index (χ3n) is 6.05. The number of aromatic nitrogens is 2. The highest BCUT2D eigenvalue weighted by atomic mass is 35.5. The Morgan fingerprint density at radius 2 is 1.93 bits per heavy atom. The first-order valence-corrected chi connectivity index (χ1v) is 10.4. The molecule has 3 heterocycles. The molecule has 6 nitrogen and oxygen atoms in total. The van der Waals surface area contributed by atoms with Gasteiger partial charge in [0.1, 0.15) is 17.3 Å². The summed E-state index contributed by atoms with van der Waals surface area (Å²) in [5.74, 6) is 0. The number of hydrogen-bond acceptors (Lipinski definition) is 5. The molecule has 3 aromatic rings. The molecule has 1 unspecified atom stereocenters. The van der Waals surface area contributed by atoms with Gasteiger partial charge in [-0.25, -0.2) is 4.98 Å². The molecule has 0 aliphatic carbocycles. The highest BCUT2D eigenvalue weighted by Gasteiger charge is 2.29. The monoisotopic (exact) mass is 421 g/mol. The summed E-state index contributed by atoms with van der Waals surface area (Å²) in [6.45, 7) is 6.87. The van der Waals surface area contributed by atoms with Gasteiger partial charge < -0.3 is 9.47 Å². The number of halogens is 1. The lowest BCUT2D eigenvalue weighted by atomic mass is 10.0. The van der Waals surface area contributed by atoms with Crippen LogP contribution < -0.4 is 10.5 Å². The molecule has 0 N–H and O–H groups in total. The SMILES string of the molecule is CC(c1ccc(Cl)cc1)N1CCN(c2cc(=O)n(C)c3ccc(C#N)nc23)[C@@H](C)C1. The van der Waals surface area contributed by atoms with Crippen LogP contribution in [0.2, 0.25) is 5.02 Å². The Labute approximate surface area is 180 Å². The second kappa shape index (κ2) is 8.10. The molecule has 2 atom stereocenters. The topological polar surface area (TPSA) is 65.2 Å². The number of nitrogens with zero attached hydrogens (tertiary/aromatic N) is 5. The third-order valence-corrected chi connectivity index (χ3v) is 6.30. The minimum absolute atomic E-state index is 0.0758. The van der Waals surface area contributed by atoms with E-state index in [4.69, 9.17) is 11.6 Å². The summed E-state index contributed by atoms with van der Waals surface area (Å²) < 4.78 is 1.58. The summed E-state index contributed by atoms with van der Waals surface area (Å²) in [7, 11) is 1.73. The van der Waals surface area contributed by atoms with E-state index < -0.39 is 0 Å². The van der Waals surface area contributed by atoms with Crippen LogP contribution >= 0.6 is 11.6 Å². The van der Waals surface area contributed by atoms with Crippen LogP contribution in [0.25, 0.3) is 11.0 Å². The van der Waals surface area contributed by atoms with E-state index in [9.17, 15) is 10.1 Å². The predicted molar refractivity (Wildman–Crippen MR) is 120 cm³/mol. The van der Waals surface area contributed by atoms with E-state index in [1.807, 2.05) is 12.1 Å². The Bertz CT molecular complexity index is 1180. The van der Waals surface area contributed by atoms with Crippen molar-refractivity contribution in [2.75, 3.05) is 24.5 Å². The van der Waals surface area contributed by atoms with Gasteiger partial charge in [-0.3, -0.25) is 9.69 Å². The number of pyridine rings is 2. The van der Waals surface area contributed by atoms with Gasteiger partial charge in [0.2, 0.25) is 0 Å². The number of piperazine rings is 1. The van der Waals surface area contributed by atoms with Crippen LogP contribution in [0.1, 0.15) is 31.1 Å². The maximum absolute atomic E-state index is 12.6. The molecule has 0 radical (unpaired) electrons. The number of rotatable bonds is 3. The molecule has 0 spiro atoms. The van der Waals surface area contributed by atoms with E-state index in [2.05, 4.69) is 46.8 Å². The zero-order chi connectivity index (χ0) is 21.4. The fourth-order valence-corrected chi connectivity index (χ4v) is 4.37. The highest BCUT2D eigenvalue weighted by Crippen LogP contribution is 2.30. The minimum Gasteiger partial charge on any atom is -0.364 e. The van der Waals surface area contributed by atoms with Crippen molar-refractivity contribution >= 4 is 28.3 Å². The van der Waals surface area contributed by atoms with Gasteiger partial charge in [-0.05, 0) is 43.7 Å². The minimum atomic E-state index is -0.0758. The molecule has 7 heteroatoms. The van der Waals surface area contributed by atoms with Gasteiger partial charge in [-0.2, -0.15) is 5.26 Å². The Morgan fingerprint density at radius 1 is 1.20 bits per heavy atom. The maximum atomic E-state index is 12.6. The van der Waals surface area contributed by atoms with E-state index >= 15 is 0 Å². The lowest BCUT2D eigenvalue weighted by Crippen LogP contribution is -2.52. The van der Waals surface area contributed by atoms with Gasteiger partial charge in [-0.1, -0.05) is 23.7 Å². The summed E-state index contributed by atoms with van der Waals surface area (Å²) in [4.78, 5) is 21.8. The van der Waals surface area contributed by atoms with Gasteiger partial charge in [0.25, 0.3) is 5.56 Å². The van der Waals surface area contributed by atoms with Crippen molar-refractivity contribution in [1.29, 1.82) is 5.26 Å². The lowest BCUT2D eigenvalue weighted by molar-refractivity contribution is 0.176. The molecule has 2 aromatic heterocycles. The van der Waals surface area contributed by atoms with Crippen LogP contribution in [0.3, 0.4) is 0 Å². The van der Waals surface area contributed by atoms with Crippen LogP contribution in [0, 0.1) is 11.3 Å².